The largest absolute Gasteiger partial charge is 0.378 e. The van der Waals surface area contributed by atoms with Crippen molar-refractivity contribution < 1.29 is 15.5 Å². The number of aromatic nitrogens is 2. The van der Waals surface area contributed by atoms with E-state index < -0.39 is 0 Å². The Labute approximate surface area is 156 Å². The molecule has 2 aliphatic heterocycles. The van der Waals surface area contributed by atoms with Crippen LogP contribution in [0.25, 0.3) is 0 Å². The van der Waals surface area contributed by atoms with Gasteiger partial charge in [-0.15, -0.1) is 0 Å². The number of carbonyl (C=O) groups is 1. The van der Waals surface area contributed by atoms with E-state index in [0.717, 1.165) is 37.9 Å². The Morgan fingerprint density at radius 1 is 1.31 bits per heavy atom. The van der Waals surface area contributed by atoms with Gasteiger partial charge in [-0.05, 0) is 38.5 Å². The zero-order valence-corrected chi connectivity index (χ0v) is 15.9. The van der Waals surface area contributed by atoms with Crippen molar-refractivity contribution >= 4 is 6.03 Å². The van der Waals surface area contributed by atoms with Crippen molar-refractivity contribution in [1.82, 2.24) is 19.9 Å². The van der Waals surface area contributed by atoms with Gasteiger partial charge >= 0.3 is 6.03 Å². The zero-order valence-electron chi connectivity index (χ0n) is 15.9. The second-order valence-corrected chi connectivity index (χ2v) is 7.33. The molecule has 26 heavy (non-hydrogen) atoms. The van der Waals surface area contributed by atoms with Crippen LogP contribution in [-0.2, 0) is 11.2 Å². The SMILES string of the molecule is C1CO[C@@H]2CC[C@@H]2C1.CCc1noc([C@H](C)N2CCN(C(N)=O)CC2)n1.[HH]. The monoisotopic (exact) mass is 367 g/mol. The van der Waals surface area contributed by atoms with Gasteiger partial charge in [0.05, 0.1) is 12.1 Å². The van der Waals surface area contributed by atoms with E-state index >= 15 is 0 Å². The van der Waals surface area contributed by atoms with Gasteiger partial charge in [0, 0.05) is 40.6 Å². The van der Waals surface area contributed by atoms with Crippen molar-refractivity contribution in [3.05, 3.63) is 11.7 Å². The van der Waals surface area contributed by atoms with Crippen molar-refractivity contribution in [1.29, 1.82) is 0 Å². The molecule has 3 heterocycles. The quantitative estimate of drug-likeness (QED) is 0.879. The first-order valence-corrected chi connectivity index (χ1v) is 9.81. The third kappa shape index (κ3) is 4.54. The number of carbonyl (C=O) groups excluding carboxylic acids is 1. The minimum atomic E-state index is -0.353. The number of piperazine rings is 1. The van der Waals surface area contributed by atoms with Crippen LogP contribution in [0.2, 0.25) is 0 Å². The molecule has 0 bridgehead atoms. The predicted octanol–water partition coefficient (Wildman–Crippen LogP) is 2.21. The summed E-state index contributed by atoms with van der Waals surface area (Å²) in [6.45, 7) is 7.89. The minimum absolute atomic E-state index is 0. The predicted molar refractivity (Wildman–Crippen MR) is 98.6 cm³/mol. The Balaban J connectivity index is 0.000000241. The minimum Gasteiger partial charge on any atom is -0.378 e. The number of amides is 2. The number of hydrogen-bond acceptors (Lipinski definition) is 6. The highest BCUT2D eigenvalue weighted by Crippen LogP contribution is 2.36. The second-order valence-electron chi connectivity index (χ2n) is 7.33. The maximum absolute atomic E-state index is 11.0. The van der Waals surface area contributed by atoms with Crippen molar-refractivity contribution in [2.75, 3.05) is 32.8 Å². The maximum atomic E-state index is 11.0. The smallest absolute Gasteiger partial charge is 0.314 e. The molecule has 4 rings (SSSR count). The molecule has 0 unspecified atom stereocenters. The lowest BCUT2D eigenvalue weighted by molar-refractivity contribution is -0.0821. The van der Waals surface area contributed by atoms with E-state index in [2.05, 4.69) is 15.0 Å². The topological polar surface area (TPSA) is 97.7 Å². The molecule has 0 spiro atoms. The fraction of sp³-hybridized carbons (Fsp3) is 0.833. The van der Waals surface area contributed by atoms with Crippen LogP contribution < -0.4 is 5.73 Å². The van der Waals surface area contributed by atoms with Gasteiger partial charge in [0.2, 0.25) is 5.89 Å². The Kier molecular flexibility index (Phi) is 6.48. The van der Waals surface area contributed by atoms with Crippen LogP contribution in [-0.4, -0.2) is 64.9 Å². The van der Waals surface area contributed by atoms with Crippen molar-refractivity contribution in [2.45, 2.75) is 58.1 Å². The van der Waals surface area contributed by atoms with E-state index in [1.165, 1.54) is 25.7 Å². The number of aryl methyl sites for hydroxylation is 1. The molecule has 0 aromatic carbocycles. The standard InChI is InChI=1S/C11H19N5O2.C7H12O.H2/c1-3-9-13-10(18-14-9)8(2)15-4-6-16(7-5-15)11(12)17;1-2-6-3-4-7(6)8-5-1;/h8H,3-7H2,1-2H3,(H2,12,17);6-7H,1-5H2;1H/t8-;6-,7+;/m00./s1. The van der Waals surface area contributed by atoms with E-state index in [4.69, 9.17) is 15.0 Å². The normalized spacial score (nSPS) is 26.9. The molecule has 1 aliphatic carbocycles. The summed E-state index contributed by atoms with van der Waals surface area (Å²) in [4.78, 5) is 19.2. The molecular weight excluding hydrogens is 334 g/mol. The number of nitrogens with zero attached hydrogens (tertiary/aromatic N) is 4. The average molecular weight is 367 g/mol. The fourth-order valence-electron chi connectivity index (χ4n) is 3.73. The van der Waals surface area contributed by atoms with Gasteiger partial charge in [0.1, 0.15) is 0 Å². The number of fused-ring (bicyclic) bond motifs is 1. The molecule has 2 N–H and O–H groups in total. The number of ether oxygens (including phenoxy) is 1. The molecule has 1 aromatic heterocycles. The third-order valence-corrected chi connectivity index (χ3v) is 5.73. The first kappa shape index (κ1) is 19.1. The lowest BCUT2D eigenvalue weighted by Crippen LogP contribution is -2.50. The summed E-state index contributed by atoms with van der Waals surface area (Å²) in [5.74, 6) is 2.33. The summed E-state index contributed by atoms with van der Waals surface area (Å²) in [5.41, 5.74) is 5.25. The van der Waals surface area contributed by atoms with Crippen molar-refractivity contribution in [3.8, 4) is 0 Å². The maximum Gasteiger partial charge on any atom is 0.314 e. The van der Waals surface area contributed by atoms with Gasteiger partial charge in [-0.25, -0.2) is 4.79 Å². The first-order chi connectivity index (χ1) is 12.6. The molecule has 1 saturated carbocycles. The van der Waals surface area contributed by atoms with Crippen LogP contribution in [0.3, 0.4) is 0 Å². The Morgan fingerprint density at radius 3 is 2.54 bits per heavy atom. The molecule has 3 fully saturated rings. The first-order valence-electron chi connectivity index (χ1n) is 9.81. The number of primary amides is 1. The summed E-state index contributed by atoms with van der Waals surface area (Å²) in [5, 5.41) is 3.90. The van der Waals surface area contributed by atoms with Gasteiger partial charge in [-0.2, -0.15) is 4.98 Å². The lowest BCUT2D eigenvalue weighted by Gasteiger charge is -2.40. The van der Waals surface area contributed by atoms with Gasteiger partial charge in [0.15, 0.2) is 5.82 Å². The van der Waals surface area contributed by atoms with Crippen molar-refractivity contribution in [3.63, 3.8) is 0 Å². The Bertz CT molecular complexity index is 579. The second kappa shape index (κ2) is 8.81. The van der Waals surface area contributed by atoms with Crippen LogP contribution >= 0.6 is 0 Å². The van der Waals surface area contributed by atoms with E-state index in [1.807, 2.05) is 13.8 Å². The van der Waals surface area contributed by atoms with E-state index in [1.54, 1.807) is 4.90 Å². The number of nitrogens with two attached hydrogens (primary N) is 1. The molecule has 1 aromatic rings. The average Bonchev–Trinajstić information content (AvgIpc) is 3.12. The van der Waals surface area contributed by atoms with Gasteiger partial charge in [0.25, 0.3) is 0 Å². The molecule has 8 nitrogen and oxygen atoms in total. The van der Waals surface area contributed by atoms with Crippen LogP contribution in [0, 0.1) is 5.92 Å². The van der Waals surface area contributed by atoms with Gasteiger partial charge in [-0.3, -0.25) is 4.90 Å². The number of hydrogen-bond donors (Lipinski definition) is 1. The fourth-order valence-corrected chi connectivity index (χ4v) is 3.73. The molecule has 8 heteroatoms. The Hall–Kier alpha value is -1.67. The van der Waals surface area contributed by atoms with Crippen LogP contribution in [0.4, 0.5) is 4.79 Å². The van der Waals surface area contributed by atoms with Crippen LogP contribution in [0.15, 0.2) is 4.52 Å². The van der Waals surface area contributed by atoms with Crippen LogP contribution in [0.1, 0.15) is 58.7 Å². The number of rotatable bonds is 3. The summed E-state index contributed by atoms with van der Waals surface area (Å²) in [6.07, 6.45) is 6.97. The summed E-state index contributed by atoms with van der Waals surface area (Å²) in [7, 11) is 0. The summed E-state index contributed by atoms with van der Waals surface area (Å²) in [6, 6.07) is -0.277. The van der Waals surface area contributed by atoms with E-state index in [0.29, 0.717) is 25.1 Å². The molecule has 148 valence electrons. The molecule has 3 aliphatic rings. The summed E-state index contributed by atoms with van der Waals surface area (Å²) < 4.78 is 10.7. The molecule has 2 saturated heterocycles. The molecule has 0 radical (unpaired) electrons. The molecular formula is C18H33N5O3. The number of urea groups is 1. The van der Waals surface area contributed by atoms with Gasteiger partial charge < -0.3 is 19.9 Å². The lowest BCUT2D eigenvalue weighted by atomic mass is 9.77. The third-order valence-electron chi connectivity index (χ3n) is 5.73. The summed E-state index contributed by atoms with van der Waals surface area (Å²) >= 11 is 0. The van der Waals surface area contributed by atoms with E-state index in [9.17, 15) is 4.79 Å². The Morgan fingerprint density at radius 2 is 2.08 bits per heavy atom. The zero-order chi connectivity index (χ0) is 18.5. The van der Waals surface area contributed by atoms with Crippen molar-refractivity contribution in [2.24, 2.45) is 11.7 Å². The highest BCUT2D eigenvalue weighted by molar-refractivity contribution is 5.72. The highest BCUT2D eigenvalue weighted by atomic mass is 16.5. The van der Waals surface area contributed by atoms with Crippen LogP contribution in [0.5, 0.6) is 0 Å². The van der Waals surface area contributed by atoms with Gasteiger partial charge in [-0.1, -0.05) is 12.1 Å². The molecule has 3 atom stereocenters. The van der Waals surface area contributed by atoms with E-state index in [-0.39, 0.29) is 13.5 Å². The highest BCUT2D eigenvalue weighted by Gasteiger charge is 2.33. The molecule has 2 amide bonds.